The van der Waals surface area contributed by atoms with E-state index in [1.165, 1.54) is 5.56 Å². The van der Waals surface area contributed by atoms with Gasteiger partial charge in [0.25, 0.3) is 0 Å². The van der Waals surface area contributed by atoms with Crippen molar-refractivity contribution in [3.63, 3.8) is 0 Å². The van der Waals surface area contributed by atoms with Gasteiger partial charge in [-0.2, -0.15) is 0 Å². The molecular weight excluding hydrogens is 178 g/mol. The smallest absolute Gasteiger partial charge is 0.0921 e. The number of hydrogen-bond donors (Lipinski definition) is 3. The van der Waals surface area contributed by atoms with Gasteiger partial charge in [0.2, 0.25) is 0 Å². The highest BCUT2D eigenvalue weighted by atomic mass is 16.3. The van der Waals surface area contributed by atoms with E-state index in [9.17, 15) is 5.11 Å². The van der Waals surface area contributed by atoms with Crippen molar-refractivity contribution >= 4 is 0 Å². The van der Waals surface area contributed by atoms with Crippen molar-refractivity contribution in [1.82, 2.24) is 0 Å². The molecule has 78 valence electrons. The molecule has 3 nitrogen and oxygen atoms in total. The predicted molar refractivity (Wildman–Crippen MR) is 55.8 cm³/mol. The molecule has 0 saturated carbocycles. The molecule has 3 heteroatoms. The lowest BCUT2D eigenvalue weighted by Gasteiger charge is -2.16. The first-order valence-corrected chi connectivity index (χ1v) is 4.82. The number of aliphatic hydroxyl groups excluding tert-OH is 2. The fourth-order valence-corrected chi connectivity index (χ4v) is 1.31. The first-order chi connectivity index (χ1) is 6.74. The number of aryl methyl sites for hydroxylation is 1. The lowest BCUT2D eigenvalue weighted by atomic mass is 10.0. The van der Waals surface area contributed by atoms with Crippen molar-refractivity contribution in [2.45, 2.75) is 25.0 Å². The predicted octanol–water partition coefficient (Wildman–Crippen LogP) is 0.300. The molecule has 0 aromatic heterocycles. The minimum absolute atomic E-state index is 0.268. The largest absolute Gasteiger partial charge is 0.394 e. The SMILES string of the molecule is N[C@H](CCc1ccccc1)[C@H](O)CO. The van der Waals surface area contributed by atoms with Crippen molar-refractivity contribution in [3.8, 4) is 0 Å². The average molecular weight is 195 g/mol. The molecule has 0 unspecified atom stereocenters. The van der Waals surface area contributed by atoms with Crippen LogP contribution in [0.1, 0.15) is 12.0 Å². The number of nitrogens with two attached hydrogens (primary N) is 1. The highest BCUT2D eigenvalue weighted by Crippen LogP contribution is 2.05. The van der Waals surface area contributed by atoms with Crippen LogP contribution in [0.2, 0.25) is 0 Å². The van der Waals surface area contributed by atoms with Gasteiger partial charge in [-0.05, 0) is 18.4 Å². The van der Waals surface area contributed by atoms with Gasteiger partial charge in [0.05, 0.1) is 12.7 Å². The summed E-state index contributed by atoms with van der Waals surface area (Å²) in [4.78, 5) is 0. The van der Waals surface area contributed by atoms with Crippen LogP contribution in [0, 0.1) is 0 Å². The Balaban J connectivity index is 2.34. The van der Waals surface area contributed by atoms with Gasteiger partial charge in [-0.25, -0.2) is 0 Å². The van der Waals surface area contributed by atoms with Gasteiger partial charge in [-0.1, -0.05) is 30.3 Å². The molecule has 0 aliphatic heterocycles. The molecule has 1 aromatic rings. The van der Waals surface area contributed by atoms with Gasteiger partial charge >= 0.3 is 0 Å². The molecule has 0 heterocycles. The molecule has 1 rings (SSSR count). The van der Waals surface area contributed by atoms with Crippen LogP contribution in [0.5, 0.6) is 0 Å². The second-order valence-corrected chi connectivity index (χ2v) is 3.44. The molecule has 0 aliphatic rings. The minimum atomic E-state index is -0.807. The Bertz CT molecular complexity index is 251. The van der Waals surface area contributed by atoms with Crippen LogP contribution in [-0.2, 0) is 6.42 Å². The third kappa shape index (κ3) is 3.46. The van der Waals surface area contributed by atoms with Crippen molar-refractivity contribution in [2.24, 2.45) is 5.73 Å². The van der Waals surface area contributed by atoms with Crippen LogP contribution in [0.25, 0.3) is 0 Å². The van der Waals surface area contributed by atoms with E-state index in [4.69, 9.17) is 10.8 Å². The maximum absolute atomic E-state index is 9.23. The Hall–Kier alpha value is -0.900. The summed E-state index contributed by atoms with van der Waals surface area (Å²) >= 11 is 0. The molecule has 14 heavy (non-hydrogen) atoms. The molecule has 0 amide bonds. The van der Waals surface area contributed by atoms with Crippen LogP contribution in [-0.4, -0.2) is 29.0 Å². The van der Waals surface area contributed by atoms with Crippen LogP contribution in [0.4, 0.5) is 0 Å². The van der Waals surface area contributed by atoms with Crippen LogP contribution in [0.3, 0.4) is 0 Å². The second-order valence-electron chi connectivity index (χ2n) is 3.44. The minimum Gasteiger partial charge on any atom is -0.394 e. The Kier molecular flexibility index (Phi) is 4.59. The number of aliphatic hydroxyl groups is 2. The summed E-state index contributed by atoms with van der Waals surface area (Å²) in [6.45, 7) is -0.268. The van der Waals surface area contributed by atoms with Crippen molar-refractivity contribution in [3.05, 3.63) is 35.9 Å². The summed E-state index contributed by atoms with van der Waals surface area (Å²) in [6, 6.07) is 9.62. The van der Waals surface area contributed by atoms with E-state index in [2.05, 4.69) is 0 Å². The maximum atomic E-state index is 9.23. The van der Waals surface area contributed by atoms with E-state index in [1.807, 2.05) is 30.3 Å². The van der Waals surface area contributed by atoms with Crippen LogP contribution in [0.15, 0.2) is 30.3 Å². The van der Waals surface area contributed by atoms with Gasteiger partial charge in [-0.3, -0.25) is 0 Å². The van der Waals surface area contributed by atoms with Crippen LogP contribution >= 0.6 is 0 Å². The molecule has 4 N–H and O–H groups in total. The van der Waals surface area contributed by atoms with E-state index in [1.54, 1.807) is 0 Å². The molecule has 1 aromatic carbocycles. The van der Waals surface area contributed by atoms with Crippen molar-refractivity contribution < 1.29 is 10.2 Å². The summed E-state index contributed by atoms with van der Waals surface area (Å²) in [6.07, 6.45) is 0.712. The number of benzene rings is 1. The highest BCUT2D eigenvalue weighted by molar-refractivity contribution is 5.14. The molecule has 0 bridgehead atoms. The third-order valence-corrected chi connectivity index (χ3v) is 2.29. The first-order valence-electron chi connectivity index (χ1n) is 4.82. The Morgan fingerprint density at radius 2 is 1.86 bits per heavy atom. The second kappa shape index (κ2) is 5.75. The Morgan fingerprint density at radius 3 is 2.43 bits per heavy atom. The summed E-state index contributed by atoms with van der Waals surface area (Å²) in [7, 11) is 0. The van der Waals surface area contributed by atoms with E-state index in [-0.39, 0.29) is 12.6 Å². The summed E-state index contributed by atoms with van der Waals surface area (Å²) in [5.74, 6) is 0. The van der Waals surface area contributed by atoms with Crippen molar-refractivity contribution in [1.29, 1.82) is 0 Å². The lowest BCUT2D eigenvalue weighted by Crippen LogP contribution is -2.37. The summed E-state index contributed by atoms with van der Waals surface area (Å²) < 4.78 is 0. The highest BCUT2D eigenvalue weighted by Gasteiger charge is 2.12. The molecule has 0 aliphatic carbocycles. The monoisotopic (exact) mass is 195 g/mol. The van der Waals surface area contributed by atoms with Gasteiger partial charge in [0.1, 0.15) is 0 Å². The number of hydrogen-bond acceptors (Lipinski definition) is 3. The zero-order valence-electron chi connectivity index (χ0n) is 8.13. The van der Waals surface area contributed by atoms with Crippen LogP contribution < -0.4 is 5.73 Å². The molecule has 2 atom stereocenters. The quantitative estimate of drug-likeness (QED) is 0.633. The van der Waals surface area contributed by atoms with E-state index in [0.717, 1.165) is 6.42 Å². The molecule has 0 fully saturated rings. The fraction of sp³-hybridized carbons (Fsp3) is 0.455. The summed E-state index contributed by atoms with van der Waals surface area (Å²) in [5, 5.41) is 17.9. The normalized spacial score (nSPS) is 15.1. The number of rotatable bonds is 5. The van der Waals surface area contributed by atoms with E-state index in [0.29, 0.717) is 6.42 Å². The molecular formula is C11H17NO2. The standard InChI is InChI=1S/C11H17NO2/c12-10(11(14)8-13)7-6-9-4-2-1-3-5-9/h1-5,10-11,13-14H,6-8,12H2/t10-,11-/m1/s1. The molecule has 0 saturated heterocycles. The van der Waals surface area contributed by atoms with E-state index >= 15 is 0 Å². The van der Waals surface area contributed by atoms with E-state index < -0.39 is 6.10 Å². The average Bonchev–Trinajstić information content (AvgIpc) is 2.26. The third-order valence-electron chi connectivity index (χ3n) is 2.29. The zero-order valence-corrected chi connectivity index (χ0v) is 8.13. The maximum Gasteiger partial charge on any atom is 0.0921 e. The fourth-order valence-electron chi connectivity index (χ4n) is 1.31. The van der Waals surface area contributed by atoms with Crippen molar-refractivity contribution in [2.75, 3.05) is 6.61 Å². The Labute approximate surface area is 84.2 Å². The topological polar surface area (TPSA) is 66.5 Å². The zero-order chi connectivity index (χ0) is 10.4. The van der Waals surface area contributed by atoms with Gasteiger partial charge < -0.3 is 15.9 Å². The van der Waals surface area contributed by atoms with Gasteiger partial charge in [0, 0.05) is 6.04 Å². The lowest BCUT2D eigenvalue weighted by molar-refractivity contribution is 0.0719. The van der Waals surface area contributed by atoms with Gasteiger partial charge in [-0.15, -0.1) is 0 Å². The summed E-state index contributed by atoms with van der Waals surface area (Å²) in [5.41, 5.74) is 6.87. The Morgan fingerprint density at radius 1 is 1.21 bits per heavy atom. The first kappa shape index (κ1) is 11.2. The molecule has 0 radical (unpaired) electrons. The molecule has 0 spiro atoms. The van der Waals surface area contributed by atoms with Gasteiger partial charge in [0.15, 0.2) is 0 Å².